The molecule has 0 saturated carbocycles. The molecule has 2 aromatic heterocycles. The lowest BCUT2D eigenvalue weighted by atomic mass is 10.1. The standard InChI is InChI=1S/C14H17N3O2S/c1-11(2)10-20(18,19)17-14-5-7-16-9-13(14)12-4-3-6-15-8-12/h3-9,11H,10H2,1-2H3,(H,16,17). The topological polar surface area (TPSA) is 72.0 Å². The van der Waals surface area contributed by atoms with Crippen LogP contribution in [0.1, 0.15) is 13.8 Å². The number of hydrogen-bond donors (Lipinski definition) is 1. The number of nitrogens with zero attached hydrogens (tertiary/aromatic N) is 2. The van der Waals surface area contributed by atoms with Crippen LogP contribution in [-0.2, 0) is 10.0 Å². The van der Waals surface area contributed by atoms with E-state index < -0.39 is 10.0 Å². The third-order valence-corrected chi connectivity index (χ3v) is 4.25. The van der Waals surface area contributed by atoms with Crippen molar-refractivity contribution >= 4 is 15.7 Å². The number of nitrogens with one attached hydrogen (secondary N) is 1. The van der Waals surface area contributed by atoms with Crippen LogP contribution in [0.2, 0.25) is 0 Å². The number of rotatable bonds is 5. The first-order valence-electron chi connectivity index (χ1n) is 6.33. The lowest BCUT2D eigenvalue weighted by molar-refractivity contribution is 0.587. The van der Waals surface area contributed by atoms with Gasteiger partial charge in [0.15, 0.2) is 0 Å². The highest BCUT2D eigenvalue weighted by molar-refractivity contribution is 7.92. The molecular weight excluding hydrogens is 274 g/mol. The molecule has 1 N–H and O–H groups in total. The Morgan fingerprint density at radius 1 is 1.15 bits per heavy atom. The fraction of sp³-hybridized carbons (Fsp3) is 0.286. The molecule has 5 nitrogen and oxygen atoms in total. The number of pyridine rings is 2. The second kappa shape index (κ2) is 6.00. The first kappa shape index (κ1) is 14.5. The molecule has 0 aliphatic rings. The summed E-state index contributed by atoms with van der Waals surface area (Å²) in [5.41, 5.74) is 2.06. The molecule has 0 unspecified atom stereocenters. The molecular formula is C14H17N3O2S. The van der Waals surface area contributed by atoms with E-state index in [1.54, 1.807) is 36.9 Å². The molecule has 0 aromatic carbocycles. The van der Waals surface area contributed by atoms with Crippen LogP contribution < -0.4 is 4.72 Å². The van der Waals surface area contributed by atoms with Crippen molar-refractivity contribution in [3.05, 3.63) is 43.0 Å². The summed E-state index contributed by atoms with van der Waals surface area (Å²) in [7, 11) is -3.36. The molecule has 0 amide bonds. The average Bonchev–Trinajstić information content (AvgIpc) is 2.38. The van der Waals surface area contributed by atoms with Crippen molar-refractivity contribution in [2.45, 2.75) is 13.8 Å². The van der Waals surface area contributed by atoms with Crippen molar-refractivity contribution in [3.63, 3.8) is 0 Å². The van der Waals surface area contributed by atoms with Gasteiger partial charge in [-0.2, -0.15) is 0 Å². The summed E-state index contributed by atoms with van der Waals surface area (Å²) in [6, 6.07) is 5.32. The number of anilines is 1. The molecule has 0 spiro atoms. The zero-order valence-electron chi connectivity index (χ0n) is 11.4. The first-order chi connectivity index (χ1) is 9.48. The minimum absolute atomic E-state index is 0.0659. The second-order valence-corrected chi connectivity index (χ2v) is 6.71. The molecule has 0 aliphatic carbocycles. The lowest BCUT2D eigenvalue weighted by Crippen LogP contribution is -2.20. The van der Waals surface area contributed by atoms with Crippen molar-refractivity contribution in [2.24, 2.45) is 5.92 Å². The number of hydrogen-bond acceptors (Lipinski definition) is 4. The summed E-state index contributed by atoms with van der Waals surface area (Å²) in [5, 5.41) is 0. The quantitative estimate of drug-likeness (QED) is 0.919. The van der Waals surface area contributed by atoms with Crippen LogP contribution in [0.3, 0.4) is 0 Å². The summed E-state index contributed by atoms with van der Waals surface area (Å²) >= 11 is 0. The maximum Gasteiger partial charge on any atom is 0.232 e. The highest BCUT2D eigenvalue weighted by Crippen LogP contribution is 2.27. The van der Waals surface area contributed by atoms with Gasteiger partial charge in [0.2, 0.25) is 10.0 Å². The van der Waals surface area contributed by atoms with Gasteiger partial charge in [0.1, 0.15) is 0 Å². The third kappa shape index (κ3) is 3.77. The fourth-order valence-electron chi connectivity index (χ4n) is 1.88. The molecule has 0 fully saturated rings. The van der Waals surface area contributed by atoms with E-state index in [0.717, 1.165) is 5.56 Å². The largest absolute Gasteiger partial charge is 0.283 e. The zero-order chi connectivity index (χ0) is 14.6. The Balaban J connectivity index is 2.35. The molecule has 6 heteroatoms. The van der Waals surface area contributed by atoms with Gasteiger partial charge in [-0.05, 0) is 18.1 Å². The monoisotopic (exact) mass is 291 g/mol. The molecule has 106 valence electrons. The van der Waals surface area contributed by atoms with Gasteiger partial charge in [0.05, 0.1) is 11.4 Å². The second-order valence-electron chi connectivity index (χ2n) is 4.94. The maximum absolute atomic E-state index is 12.0. The molecule has 2 aromatic rings. The Kier molecular flexibility index (Phi) is 4.34. The van der Waals surface area contributed by atoms with Gasteiger partial charge in [-0.25, -0.2) is 8.42 Å². The lowest BCUT2D eigenvalue weighted by Gasteiger charge is -2.13. The molecule has 0 saturated heterocycles. The minimum atomic E-state index is -3.36. The average molecular weight is 291 g/mol. The Morgan fingerprint density at radius 2 is 1.90 bits per heavy atom. The van der Waals surface area contributed by atoms with E-state index >= 15 is 0 Å². The molecule has 0 aliphatic heterocycles. The van der Waals surface area contributed by atoms with E-state index in [-0.39, 0.29) is 11.7 Å². The third-order valence-electron chi connectivity index (χ3n) is 2.61. The molecule has 0 bridgehead atoms. The maximum atomic E-state index is 12.0. The van der Waals surface area contributed by atoms with Crippen LogP contribution in [0.5, 0.6) is 0 Å². The number of aromatic nitrogens is 2. The van der Waals surface area contributed by atoms with Gasteiger partial charge < -0.3 is 0 Å². The van der Waals surface area contributed by atoms with Crippen LogP contribution in [0.4, 0.5) is 5.69 Å². The highest BCUT2D eigenvalue weighted by atomic mass is 32.2. The van der Waals surface area contributed by atoms with E-state index in [1.165, 1.54) is 0 Å². The predicted molar refractivity (Wildman–Crippen MR) is 79.7 cm³/mol. The Morgan fingerprint density at radius 3 is 2.55 bits per heavy atom. The fourth-order valence-corrected chi connectivity index (χ4v) is 3.36. The van der Waals surface area contributed by atoms with E-state index in [0.29, 0.717) is 11.3 Å². The summed E-state index contributed by atoms with van der Waals surface area (Å²) in [5.74, 6) is 0.151. The smallest absolute Gasteiger partial charge is 0.232 e. The van der Waals surface area contributed by atoms with Crippen molar-refractivity contribution in [2.75, 3.05) is 10.5 Å². The van der Waals surface area contributed by atoms with Crippen molar-refractivity contribution in [1.82, 2.24) is 9.97 Å². The summed E-state index contributed by atoms with van der Waals surface area (Å²) < 4.78 is 26.7. The normalized spacial score (nSPS) is 11.6. The zero-order valence-corrected chi connectivity index (χ0v) is 12.3. The molecule has 2 rings (SSSR count). The van der Waals surface area contributed by atoms with Crippen LogP contribution in [0.15, 0.2) is 43.0 Å². The first-order valence-corrected chi connectivity index (χ1v) is 7.98. The van der Waals surface area contributed by atoms with E-state index in [1.807, 2.05) is 19.9 Å². The minimum Gasteiger partial charge on any atom is -0.283 e. The summed E-state index contributed by atoms with van der Waals surface area (Å²) in [6.07, 6.45) is 6.54. The molecule has 0 radical (unpaired) electrons. The Bertz CT molecular complexity index is 670. The molecule has 0 atom stereocenters. The molecule has 20 heavy (non-hydrogen) atoms. The van der Waals surface area contributed by atoms with E-state index in [4.69, 9.17) is 0 Å². The van der Waals surface area contributed by atoms with Crippen LogP contribution in [0.25, 0.3) is 11.1 Å². The van der Waals surface area contributed by atoms with E-state index in [2.05, 4.69) is 14.7 Å². The van der Waals surface area contributed by atoms with Gasteiger partial charge in [-0.1, -0.05) is 19.9 Å². The van der Waals surface area contributed by atoms with Crippen LogP contribution >= 0.6 is 0 Å². The van der Waals surface area contributed by atoms with Crippen molar-refractivity contribution in [1.29, 1.82) is 0 Å². The molecule has 2 heterocycles. The van der Waals surface area contributed by atoms with Crippen molar-refractivity contribution in [3.8, 4) is 11.1 Å². The van der Waals surface area contributed by atoms with E-state index in [9.17, 15) is 8.42 Å². The van der Waals surface area contributed by atoms with Crippen LogP contribution in [-0.4, -0.2) is 24.1 Å². The van der Waals surface area contributed by atoms with Gasteiger partial charge in [-0.15, -0.1) is 0 Å². The highest BCUT2D eigenvalue weighted by Gasteiger charge is 2.15. The summed E-state index contributed by atoms with van der Waals surface area (Å²) in [6.45, 7) is 3.74. The Labute approximate surface area is 119 Å². The van der Waals surface area contributed by atoms with Crippen molar-refractivity contribution < 1.29 is 8.42 Å². The van der Waals surface area contributed by atoms with Gasteiger partial charge in [-0.3, -0.25) is 14.7 Å². The van der Waals surface area contributed by atoms with Gasteiger partial charge in [0, 0.05) is 35.9 Å². The predicted octanol–water partition coefficient (Wildman–Crippen LogP) is 2.54. The number of sulfonamides is 1. The summed E-state index contributed by atoms with van der Waals surface area (Å²) in [4.78, 5) is 8.09. The van der Waals surface area contributed by atoms with Crippen LogP contribution in [0, 0.1) is 5.92 Å². The Hall–Kier alpha value is -1.95. The van der Waals surface area contributed by atoms with Gasteiger partial charge >= 0.3 is 0 Å². The SMILES string of the molecule is CC(C)CS(=O)(=O)Nc1ccncc1-c1cccnc1. The van der Waals surface area contributed by atoms with Gasteiger partial charge in [0.25, 0.3) is 0 Å².